The predicted molar refractivity (Wildman–Crippen MR) is 88.4 cm³/mol. The zero-order valence-corrected chi connectivity index (χ0v) is 13.8. The molecule has 0 saturated heterocycles. The molecule has 0 saturated carbocycles. The predicted octanol–water partition coefficient (Wildman–Crippen LogP) is 3.14. The third-order valence-corrected chi connectivity index (χ3v) is 4.41. The molecule has 0 aliphatic carbocycles. The van der Waals surface area contributed by atoms with Crippen LogP contribution in [0.1, 0.15) is 44.0 Å². The third-order valence-electron chi connectivity index (χ3n) is 4.41. The van der Waals surface area contributed by atoms with Crippen LogP contribution in [0.3, 0.4) is 0 Å². The van der Waals surface area contributed by atoms with E-state index in [0.29, 0.717) is 0 Å². The molecule has 2 aliphatic rings. The Hall–Kier alpha value is -2.04. The molecule has 0 radical (unpaired) electrons. The first-order valence-corrected chi connectivity index (χ1v) is 8.25. The quantitative estimate of drug-likeness (QED) is 0.880. The molecule has 22 heavy (non-hydrogen) atoms. The van der Waals surface area contributed by atoms with Crippen LogP contribution in [0.2, 0.25) is 0 Å². The fraction of sp³-hybridized carbons (Fsp3) is 0.529. The summed E-state index contributed by atoms with van der Waals surface area (Å²) in [6.07, 6.45) is 5.17. The molecule has 0 spiro atoms. The van der Waals surface area contributed by atoms with E-state index in [-0.39, 0.29) is 0 Å². The number of fused-ring (bicyclic) bond motifs is 5. The summed E-state index contributed by atoms with van der Waals surface area (Å²) in [5, 5.41) is 12.2. The Balaban J connectivity index is 0.000000693. The molecule has 0 unspecified atom stereocenters. The van der Waals surface area contributed by atoms with Crippen LogP contribution >= 0.6 is 0 Å². The van der Waals surface area contributed by atoms with Crippen molar-refractivity contribution >= 4 is 0 Å². The van der Waals surface area contributed by atoms with Crippen LogP contribution in [-0.2, 0) is 25.9 Å². The van der Waals surface area contributed by atoms with Crippen molar-refractivity contribution in [3.8, 4) is 11.4 Å². The lowest BCUT2D eigenvalue weighted by molar-refractivity contribution is 0.323. The van der Waals surface area contributed by atoms with Crippen molar-refractivity contribution in [2.45, 2.75) is 53.1 Å². The van der Waals surface area contributed by atoms with E-state index in [0.717, 1.165) is 44.6 Å². The van der Waals surface area contributed by atoms with Crippen molar-refractivity contribution in [2.75, 3.05) is 6.54 Å². The molecular weight excluding hydrogens is 274 g/mol. The van der Waals surface area contributed by atoms with Crippen molar-refractivity contribution in [1.29, 1.82) is 0 Å². The maximum atomic E-state index is 4.84. The number of aromatic amines is 1. The zero-order valence-electron chi connectivity index (χ0n) is 13.8. The molecule has 2 aromatic heterocycles. The van der Waals surface area contributed by atoms with Gasteiger partial charge in [-0.2, -0.15) is 10.2 Å². The van der Waals surface area contributed by atoms with E-state index in [1.54, 1.807) is 0 Å². The number of hydrogen-bond donors (Lipinski definition) is 1. The molecule has 5 heteroatoms. The van der Waals surface area contributed by atoms with E-state index in [1.165, 1.54) is 28.2 Å². The highest BCUT2D eigenvalue weighted by atomic mass is 15.3. The van der Waals surface area contributed by atoms with Gasteiger partial charge in [0.25, 0.3) is 0 Å². The first-order valence-electron chi connectivity index (χ1n) is 8.25. The van der Waals surface area contributed by atoms with Crippen molar-refractivity contribution in [3.05, 3.63) is 35.3 Å². The number of nitrogens with one attached hydrogen (secondary N) is 1. The highest BCUT2D eigenvalue weighted by Crippen LogP contribution is 2.34. The molecule has 4 rings (SSSR count). The van der Waals surface area contributed by atoms with Gasteiger partial charge in [-0.25, -0.2) is 0 Å². The lowest BCUT2D eigenvalue weighted by Gasteiger charge is -2.28. The van der Waals surface area contributed by atoms with Crippen LogP contribution in [0.4, 0.5) is 0 Å². The summed E-state index contributed by atoms with van der Waals surface area (Å²) < 4.78 is 2.18. The molecule has 2 aromatic rings. The average Bonchev–Trinajstić information content (AvgIpc) is 3.08. The highest BCUT2D eigenvalue weighted by Gasteiger charge is 2.28. The second-order valence-corrected chi connectivity index (χ2v) is 5.78. The van der Waals surface area contributed by atoms with Crippen LogP contribution in [0.25, 0.3) is 11.4 Å². The van der Waals surface area contributed by atoms with Gasteiger partial charge in [-0.3, -0.25) is 9.78 Å². The van der Waals surface area contributed by atoms with E-state index in [4.69, 9.17) is 5.10 Å². The van der Waals surface area contributed by atoms with Crippen molar-refractivity contribution in [2.24, 2.45) is 0 Å². The minimum absolute atomic E-state index is 0.915. The molecule has 2 aliphatic heterocycles. The Labute approximate surface area is 132 Å². The number of H-pyrrole nitrogens is 1. The molecule has 0 fully saturated rings. The van der Waals surface area contributed by atoms with Gasteiger partial charge >= 0.3 is 0 Å². The van der Waals surface area contributed by atoms with E-state index in [2.05, 4.69) is 33.3 Å². The van der Waals surface area contributed by atoms with E-state index in [1.807, 2.05) is 20.0 Å². The van der Waals surface area contributed by atoms with Gasteiger partial charge in [-0.15, -0.1) is 0 Å². The van der Waals surface area contributed by atoms with E-state index in [9.17, 15) is 0 Å². The van der Waals surface area contributed by atoms with Gasteiger partial charge in [0.2, 0.25) is 0 Å². The molecule has 0 amide bonds. The number of hydrogen-bond acceptors (Lipinski definition) is 3. The van der Waals surface area contributed by atoms with Gasteiger partial charge in [-0.05, 0) is 25.3 Å². The minimum atomic E-state index is 0.915. The summed E-state index contributed by atoms with van der Waals surface area (Å²) in [6.45, 7) is 13.1. The largest absolute Gasteiger partial charge is 0.371 e. The second-order valence-electron chi connectivity index (χ2n) is 5.78. The Morgan fingerprint density at radius 2 is 2.09 bits per heavy atom. The summed E-state index contributed by atoms with van der Waals surface area (Å²) in [6, 6.07) is 0. The summed E-state index contributed by atoms with van der Waals surface area (Å²) in [5.74, 6) is 0. The molecule has 0 aromatic carbocycles. The van der Waals surface area contributed by atoms with Gasteiger partial charge in [0.15, 0.2) is 0 Å². The first-order chi connectivity index (χ1) is 10.7. The standard InChI is InChI=1S/C15H19N5.C2H6/c1-10(2)19-7-5-13-12(9-19)15-14-11(8-16-17-14)4-3-6-20(15)18-13;1-2/h8H,1,3-7,9H2,2H3,(H,16,17);1-2H3. The number of allylic oxidation sites excluding steroid dienone is 1. The number of rotatable bonds is 1. The lowest BCUT2D eigenvalue weighted by atomic mass is 10.0. The fourth-order valence-corrected chi connectivity index (χ4v) is 3.32. The maximum absolute atomic E-state index is 4.84. The Morgan fingerprint density at radius 1 is 1.27 bits per heavy atom. The first kappa shape index (κ1) is 14.9. The average molecular weight is 299 g/mol. The Kier molecular flexibility index (Phi) is 4.05. The van der Waals surface area contributed by atoms with Crippen molar-refractivity contribution in [3.63, 3.8) is 0 Å². The van der Waals surface area contributed by atoms with Crippen LogP contribution in [-0.4, -0.2) is 31.4 Å². The van der Waals surface area contributed by atoms with Crippen molar-refractivity contribution in [1.82, 2.24) is 24.9 Å². The number of aryl methyl sites for hydroxylation is 2. The summed E-state index contributed by atoms with van der Waals surface area (Å²) in [5.41, 5.74) is 7.47. The second kappa shape index (κ2) is 5.99. The van der Waals surface area contributed by atoms with Gasteiger partial charge in [0, 0.05) is 37.3 Å². The monoisotopic (exact) mass is 299 g/mol. The Morgan fingerprint density at radius 3 is 2.86 bits per heavy atom. The lowest BCUT2D eigenvalue weighted by Crippen LogP contribution is -2.28. The smallest absolute Gasteiger partial charge is 0.0916 e. The summed E-state index contributed by atoms with van der Waals surface area (Å²) in [7, 11) is 0. The summed E-state index contributed by atoms with van der Waals surface area (Å²) >= 11 is 0. The fourth-order valence-electron chi connectivity index (χ4n) is 3.32. The molecule has 0 atom stereocenters. The van der Waals surface area contributed by atoms with Crippen LogP contribution < -0.4 is 0 Å². The number of aromatic nitrogens is 4. The molecule has 4 heterocycles. The van der Waals surface area contributed by atoms with Crippen LogP contribution in [0.5, 0.6) is 0 Å². The number of nitrogens with zero attached hydrogens (tertiary/aromatic N) is 4. The molecule has 1 N–H and O–H groups in total. The minimum Gasteiger partial charge on any atom is -0.371 e. The van der Waals surface area contributed by atoms with Gasteiger partial charge in [0.05, 0.1) is 23.3 Å². The molecule has 5 nitrogen and oxygen atoms in total. The maximum Gasteiger partial charge on any atom is 0.0916 e. The van der Waals surface area contributed by atoms with E-state index >= 15 is 0 Å². The normalized spacial score (nSPS) is 15.9. The van der Waals surface area contributed by atoms with Crippen LogP contribution in [0, 0.1) is 0 Å². The van der Waals surface area contributed by atoms with Gasteiger partial charge < -0.3 is 4.90 Å². The zero-order chi connectivity index (χ0) is 15.7. The molecule has 0 bridgehead atoms. The SMILES string of the molecule is C=C(C)N1CCc2nn3c(c2C1)-c1[nH]ncc1CCC3.CC. The molecular formula is C17H25N5. The van der Waals surface area contributed by atoms with Gasteiger partial charge in [0.1, 0.15) is 0 Å². The highest BCUT2D eigenvalue weighted by molar-refractivity contribution is 5.65. The van der Waals surface area contributed by atoms with E-state index < -0.39 is 0 Å². The Bertz CT molecular complexity index is 679. The van der Waals surface area contributed by atoms with Crippen molar-refractivity contribution < 1.29 is 0 Å². The summed E-state index contributed by atoms with van der Waals surface area (Å²) in [4.78, 5) is 2.34. The van der Waals surface area contributed by atoms with Crippen LogP contribution in [0.15, 0.2) is 18.5 Å². The third kappa shape index (κ3) is 2.34. The molecule has 118 valence electrons. The topological polar surface area (TPSA) is 49.7 Å². The van der Waals surface area contributed by atoms with Gasteiger partial charge in [-0.1, -0.05) is 20.4 Å².